The summed E-state index contributed by atoms with van der Waals surface area (Å²) in [5, 5.41) is 4.51. The molecule has 2 aromatic heterocycles. The van der Waals surface area contributed by atoms with Crippen LogP contribution in [0.15, 0.2) is 126 Å². The molecule has 2 heterocycles. The van der Waals surface area contributed by atoms with Gasteiger partial charge in [0.1, 0.15) is 11.2 Å². The summed E-state index contributed by atoms with van der Waals surface area (Å²) in [6, 6.07) is 42.8. The third-order valence-electron chi connectivity index (χ3n) is 19.0. The minimum absolute atomic E-state index is 0.283. The molecule has 64 heavy (non-hydrogen) atoms. The number of hydrogen-bond donors (Lipinski definition) is 0. The Balaban J connectivity index is 0.968. The van der Waals surface area contributed by atoms with Gasteiger partial charge in [0.15, 0.2) is 17.5 Å². The first-order chi connectivity index (χ1) is 31.5. The normalized spacial score (nSPS) is 32.2. The van der Waals surface area contributed by atoms with Gasteiger partial charge in [-0.15, -0.1) is 0 Å². The molecule has 9 aliphatic rings. The van der Waals surface area contributed by atoms with E-state index in [-0.39, 0.29) is 10.8 Å². The van der Waals surface area contributed by atoms with Gasteiger partial charge in [-0.05, 0) is 194 Å². The van der Waals surface area contributed by atoms with E-state index in [1.165, 1.54) is 99.3 Å². The summed E-state index contributed by atoms with van der Waals surface area (Å²) in [4.78, 5) is 16.7. The highest BCUT2D eigenvalue weighted by molar-refractivity contribution is 6.13. The van der Waals surface area contributed by atoms with E-state index in [2.05, 4.69) is 127 Å². The summed E-state index contributed by atoms with van der Waals surface area (Å²) < 4.78 is 6.87. The fourth-order valence-corrected chi connectivity index (χ4v) is 17.0. The van der Waals surface area contributed by atoms with Gasteiger partial charge in [-0.1, -0.05) is 103 Å². The number of aryl methyl sites for hydroxylation is 1. The number of rotatable bonds is 5. The molecule has 0 aliphatic heterocycles. The van der Waals surface area contributed by atoms with E-state index >= 15 is 0 Å². The van der Waals surface area contributed by atoms with Gasteiger partial charge in [0, 0.05) is 32.8 Å². The van der Waals surface area contributed by atoms with Crippen molar-refractivity contribution in [2.24, 2.45) is 40.9 Å². The van der Waals surface area contributed by atoms with Gasteiger partial charge in [0.05, 0.1) is 0 Å². The Morgan fingerprint density at radius 3 is 1.88 bits per heavy atom. The van der Waals surface area contributed by atoms with Gasteiger partial charge in [0.25, 0.3) is 0 Å². The van der Waals surface area contributed by atoms with Crippen LogP contribution < -0.4 is 0 Å². The van der Waals surface area contributed by atoms with Gasteiger partial charge in [-0.2, -0.15) is 0 Å². The summed E-state index contributed by atoms with van der Waals surface area (Å²) >= 11 is 0. The van der Waals surface area contributed by atoms with Crippen LogP contribution >= 0.6 is 0 Å². The van der Waals surface area contributed by atoms with E-state index in [0.717, 1.165) is 115 Å². The van der Waals surface area contributed by atoms with E-state index in [4.69, 9.17) is 19.4 Å². The summed E-state index contributed by atoms with van der Waals surface area (Å²) in [6.45, 7) is 0. The van der Waals surface area contributed by atoms with Gasteiger partial charge in [-0.3, -0.25) is 0 Å². The lowest BCUT2D eigenvalue weighted by Gasteiger charge is -2.57. The van der Waals surface area contributed by atoms with E-state index in [1.807, 2.05) is 0 Å². The van der Waals surface area contributed by atoms with Gasteiger partial charge < -0.3 is 4.42 Å². The van der Waals surface area contributed by atoms with Crippen molar-refractivity contribution in [1.82, 2.24) is 15.0 Å². The maximum Gasteiger partial charge on any atom is 0.164 e. The SMILES string of the molecule is C1=Cc2c(c3ccccc3oc3ccccc3c3cccc(-c4nc(-c5cccc(C67C[C@@H]8CC9C[C@H](C6)[C@@]9(C8)C7)c5)nc(-c5cccc(C67CC8C[C@H](C6)C[C@@H](C8)C7)c5)n4)c23)CC1. The summed E-state index contributed by atoms with van der Waals surface area (Å²) in [5.74, 6) is 7.72. The van der Waals surface area contributed by atoms with Crippen LogP contribution in [0.3, 0.4) is 0 Å². The van der Waals surface area contributed by atoms with Gasteiger partial charge >= 0.3 is 0 Å². The Morgan fingerprint density at radius 1 is 0.500 bits per heavy atom. The largest absolute Gasteiger partial charge is 0.456 e. The van der Waals surface area contributed by atoms with Crippen LogP contribution in [0, 0.1) is 40.9 Å². The third-order valence-corrected chi connectivity index (χ3v) is 19.0. The summed E-state index contributed by atoms with van der Waals surface area (Å²) in [7, 11) is 0. The average Bonchev–Trinajstić information content (AvgIpc) is 3.67. The van der Waals surface area contributed by atoms with Crippen molar-refractivity contribution >= 4 is 38.8 Å². The molecule has 9 aliphatic carbocycles. The molecule has 7 aromatic rings. The lowest BCUT2D eigenvalue weighted by molar-refractivity contribution is -0.00517. The van der Waals surface area contributed by atoms with Crippen LogP contribution in [0.4, 0.5) is 0 Å². The molecular formula is C60H55N3O. The predicted octanol–water partition coefficient (Wildman–Crippen LogP) is 14.9. The Morgan fingerprint density at radius 2 is 1.12 bits per heavy atom. The van der Waals surface area contributed by atoms with Crippen LogP contribution in [0.1, 0.15) is 106 Å². The fraction of sp³-hybridized carbons (Fsp3) is 0.383. The Kier molecular flexibility index (Phi) is 7.59. The molecule has 0 N–H and O–H groups in total. The first kappa shape index (κ1) is 36.7. The van der Waals surface area contributed by atoms with Crippen molar-refractivity contribution in [1.29, 1.82) is 0 Å². The number of benzene rings is 5. The maximum absolute atomic E-state index is 6.87. The number of aromatic nitrogens is 3. The van der Waals surface area contributed by atoms with Crippen LogP contribution in [-0.2, 0) is 17.3 Å². The van der Waals surface area contributed by atoms with Crippen molar-refractivity contribution in [3.05, 3.63) is 144 Å². The first-order valence-electron chi connectivity index (χ1n) is 24.9. The van der Waals surface area contributed by atoms with Gasteiger partial charge in [0.2, 0.25) is 0 Å². The Bertz CT molecular complexity index is 3190. The number of nitrogens with zero attached hydrogens (tertiary/aromatic N) is 3. The zero-order chi connectivity index (χ0) is 41.8. The van der Waals surface area contributed by atoms with Crippen molar-refractivity contribution in [3.8, 4) is 34.2 Å². The second-order valence-electron chi connectivity index (χ2n) is 22.4. The molecular weight excluding hydrogens is 779 g/mol. The smallest absolute Gasteiger partial charge is 0.164 e. The minimum Gasteiger partial charge on any atom is -0.456 e. The average molecular weight is 834 g/mol. The zero-order valence-electron chi connectivity index (χ0n) is 36.7. The highest BCUT2D eigenvalue weighted by atomic mass is 16.3. The molecule has 2 unspecified atom stereocenters. The lowest BCUT2D eigenvalue weighted by atomic mass is 9.48. The Labute approximate surface area is 376 Å². The van der Waals surface area contributed by atoms with Crippen molar-refractivity contribution in [3.63, 3.8) is 0 Å². The molecule has 8 saturated carbocycles. The van der Waals surface area contributed by atoms with E-state index in [0.29, 0.717) is 5.41 Å². The molecule has 1 spiro atoms. The second kappa shape index (κ2) is 13.2. The zero-order valence-corrected chi connectivity index (χ0v) is 36.7. The number of hydrogen-bond acceptors (Lipinski definition) is 4. The van der Waals surface area contributed by atoms with Crippen molar-refractivity contribution in [2.75, 3.05) is 0 Å². The third kappa shape index (κ3) is 5.26. The molecule has 316 valence electrons. The standard InChI is InChI=1S/C60H55N3O/c1-2-17-49-46(14-1)47-15-3-5-20-52(47)64-53-21-6-4-16-48(53)50-18-9-19-51(54(49)50)57-62-55(40-10-7-12-42(26-40)58-29-36-22-37(30-58)24-38(23-36)31-58)61-56(63-57)41-11-8-13-43(27-41)59-32-39-25-44-28-45(34-59)60(44,33-39)35-59/h2-13,15-21,26-27,36-39,44-45H,1,14,22-25,28-35H2/t36-,37+,38?,39-,44?,45+,58?,59?,60-/m0/s1. The molecule has 5 atom stereocenters. The van der Waals surface area contributed by atoms with E-state index in [1.54, 1.807) is 0 Å². The topological polar surface area (TPSA) is 51.8 Å². The molecule has 5 aromatic carbocycles. The second-order valence-corrected chi connectivity index (χ2v) is 22.4. The van der Waals surface area contributed by atoms with Crippen LogP contribution in [-0.4, -0.2) is 15.0 Å². The quantitative estimate of drug-likeness (QED) is 0.173. The predicted molar refractivity (Wildman–Crippen MR) is 258 cm³/mol. The first-order valence-corrected chi connectivity index (χ1v) is 24.9. The van der Waals surface area contributed by atoms with Crippen LogP contribution in [0.25, 0.3) is 73.0 Å². The monoisotopic (exact) mass is 833 g/mol. The molecule has 8 fully saturated rings. The number of para-hydroxylation sites is 2. The van der Waals surface area contributed by atoms with E-state index in [9.17, 15) is 0 Å². The molecule has 0 radical (unpaired) electrons. The molecule has 4 heteroatoms. The maximum atomic E-state index is 6.87. The molecule has 0 saturated heterocycles. The summed E-state index contributed by atoms with van der Waals surface area (Å²) in [5.41, 5.74) is 11.8. The molecule has 0 amide bonds. The lowest BCUT2D eigenvalue weighted by Crippen LogP contribution is -2.48. The number of fused-ring (bicyclic) bond motifs is 9. The summed E-state index contributed by atoms with van der Waals surface area (Å²) in [6.07, 6.45) is 23.5. The molecule has 7 bridgehead atoms. The molecule has 16 rings (SSSR count). The van der Waals surface area contributed by atoms with Crippen LogP contribution in [0.2, 0.25) is 0 Å². The highest BCUT2D eigenvalue weighted by Gasteiger charge is 2.71. The number of allylic oxidation sites excluding steroid dienone is 1. The fourth-order valence-electron chi connectivity index (χ4n) is 17.0. The van der Waals surface area contributed by atoms with Crippen LogP contribution in [0.5, 0.6) is 0 Å². The highest BCUT2D eigenvalue weighted by Crippen LogP contribution is 2.79. The minimum atomic E-state index is 0.283. The van der Waals surface area contributed by atoms with Crippen molar-refractivity contribution < 1.29 is 4.42 Å². The van der Waals surface area contributed by atoms with Crippen molar-refractivity contribution in [2.45, 2.75) is 101 Å². The molecule has 4 nitrogen and oxygen atoms in total. The van der Waals surface area contributed by atoms with Gasteiger partial charge in [-0.25, -0.2) is 15.0 Å². The van der Waals surface area contributed by atoms with E-state index < -0.39 is 0 Å². The Hall–Kier alpha value is -5.61.